The highest BCUT2D eigenvalue weighted by atomic mass is 16.5. The molecule has 2 atom stereocenters. The van der Waals surface area contributed by atoms with Gasteiger partial charge in [0.15, 0.2) is 0 Å². The second kappa shape index (κ2) is 9.74. The van der Waals surface area contributed by atoms with Crippen LogP contribution in [0.25, 0.3) is 0 Å². The SMILES string of the molecule is CCC(NC(=O)c1cc(C(=O)N[C@H](C)c2ncccn2)c2n1CCOC2)c1ccccc1. The Morgan fingerprint density at radius 2 is 1.84 bits per heavy atom. The maximum Gasteiger partial charge on any atom is 0.268 e. The number of hydrogen-bond acceptors (Lipinski definition) is 5. The van der Waals surface area contributed by atoms with E-state index < -0.39 is 0 Å². The lowest BCUT2D eigenvalue weighted by molar-refractivity contribution is 0.0773. The molecule has 1 aromatic carbocycles. The molecule has 4 rings (SSSR count). The van der Waals surface area contributed by atoms with Crippen molar-refractivity contribution in [3.63, 3.8) is 0 Å². The minimum Gasteiger partial charge on any atom is -0.373 e. The van der Waals surface area contributed by atoms with Gasteiger partial charge >= 0.3 is 0 Å². The summed E-state index contributed by atoms with van der Waals surface area (Å²) in [5.41, 5.74) is 2.65. The largest absolute Gasteiger partial charge is 0.373 e. The molecule has 3 aromatic rings. The summed E-state index contributed by atoms with van der Waals surface area (Å²) >= 11 is 0. The quantitative estimate of drug-likeness (QED) is 0.596. The lowest BCUT2D eigenvalue weighted by Gasteiger charge is -2.21. The summed E-state index contributed by atoms with van der Waals surface area (Å²) < 4.78 is 7.47. The number of nitrogens with one attached hydrogen (secondary N) is 2. The van der Waals surface area contributed by atoms with Gasteiger partial charge in [-0.25, -0.2) is 9.97 Å². The number of amides is 2. The maximum atomic E-state index is 13.2. The first-order valence-electron chi connectivity index (χ1n) is 10.8. The zero-order chi connectivity index (χ0) is 22.5. The summed E-state index contributed by atoms with van der Waals surface area (Å²) in [5, 5.41) is 6.04. The van der Waals surface area contributed by atoms with Crippen LogP contribution >= 0.6 is 0 Å². The number of rotatable bonds is 7. The van der Waals surface area contributed by atoms with Gasteiger partial charge in [0.1, 0.15) is 11.5 Å². The Bertz CT molecular complexity index is 1080. The van der Waals surface area contributed by atoms with Crippen molar-refractivity contribution in [1.82, 2.24) is 25.2 Å². The van der Waals surface area contributed by atoms with Crippen LogP contribution < -0.4 is 10.6 Å². The third-order valence-electron chi connectivity index (χ3n) is 5.62. The van der Waals surface area contributed by atoms with Crippen LogP contribution in [0, 0.1) is 0 Å². The minimum absolute atomic E-state index is 0.109. The predicted octanol–water partition coefficient (Wildman–Crippen LogP) is 3.18. The first-order chi connectivity index (χ1) is 15.6. The van der Waals surface area contributed by atoms with Gasteiger partial charge in [0.25, 0.3) is 11.8 Å². The van der Waals surface area contributed by atoms with E-state index in [4.69, 9.17) is 4.74 Å². The van der Waals surface area contributed by atoms with E-state index in [9.17, 15) is 9.59 Å². The topological polar surface area (TPSA) is 98.1 Å². The van der Waals surface area contributed by atoms with E-state index in [1.165, 1.54) is 0 Å². The monoisotopic (exact) mass is 433 g/mol. The van der Waals surface area contributed by atoms with Crippen molar-refractivity contribution in [2.24, 2.45) is 0 Å². The van der Waals surface area contributed by atoms with E-state index in [1.807, 2.05) is 48.7 Å². The number of hydrogen-bond donors (Lipinski definition) is 2. The van der Waals surface area contributed by atoms with Crippen molar-refractivity contribution >= 4 is 11.8 Å². The maximum absolute atomic E-state index is 13.2. The molecule has 0 fully saturated rings. The van der Waals surface area contributed by atoms with Crippen LogP contribution in [0.2, 0.25) is 0 Å². The highest BCUT2D eigenvalue weighted by Crippen LogP contribution is 2.23. The second-order valence-electron chi connectivity index (χ2n) is 7.74. The van der Waals surface area contributed by atoms with Gasteiger partial charge in [-0.2, -0.15) is 0 Å². The Balaban J connectivity index is 1.57. The molecule has 8 heteroatoms. The molecule has 8 nitrogen and oxygen atoms in total. The first-order valence-corrected chi connectivity index (χ1v) is 10.8. The average Bonchev–Trinajstić information content (AvgIpc) is 3.23. The molecule has 1 aliphatic heterocycles. The molecular formula is C24H27N5O3. The second-order valence-corrected chi connectivity index (χ2v) is 7.74. The molecule has 3 heterocycles. The Labute approximate surface area is 187 Å². The van der Waals surface area contributed by atoms with Gasteiger partial charge in [0.2, 0.25) is 0 Å². The summed E-state index contributed by atoms with van der Waals surface area (Å²) in [6.07, 6.45) is 4.03. The molecule has 2 amide bonds. The first kappa shape index (κ1) is 21.7. The molecule has 0 bridgehead atoms. The van der Waals surface area contributed by atoms with E-state index >= 15 is 0 Å². The smallest absolute Gasteiger partial charge is 0.268 e. The van der Waals surface area contributed by atoms with Crippen molar-refractivity contribution in [2.75, 3.05) is 6.61 Å². The molecule has 0 saturated carbocycles. The number of aromatic nitrogens is 3. The van der Waals surface area contributed by atoms with Gasteiger partial charge in [0.05, 0.1) is 36.6 Å². The lowest BCUT2D eigenvalue weighted by Crippen LogP contribution is -2.31. The van der Waals surface area contributed by atoms with Gasteiger partial charge in [-0.3, -0.25) is 9.59 Å². The standard InChI is InChI=1S/C24H27N5O3/c1-3-19(17-8-5-4-6-9-17)28-24(31)20-14-18(21-15-32-13-12-29(20)21)23(30)27-16(2)22-25-10-7-11-26-22/h4-11,14,16,19H,3,12-13,15H2,1-2H3,(H,27,30)(H,28,31)/t16-,19?/m1/s1. The summed E-state index contributed by atoms with van der Waals surface area (Å²) in [7, 11) is 0. The molecule has 0 saturated heterocycles. The van der Waals surface area contributed by atoms with Crippen LogP contribution in [-0.4, -0.2) is 33.0 Å². The number of carbonyl (C=O) groups excluding carboxylic acids is 2. The molecule has 1 aliphatic rings. The molecule has 2 aromatic heterocycles. The van der Waals surface area contributed by atoms with Crippen LogP contribution in [0.15, 0.2) is 54.9 Å². The molecule has 32 heavy (non-hydrogen) atoms. The number of nitrogens with zero attached hydrogens (tertiary/aromatic N) is 3. The third-order valence-corrected chi connectivity index (χ3v) is 5.62. The highest BCUT2D eigenvalue weighted by Gasteiger charge is 2.28. The fourth-order valence-corrected chi connectivity index (χ4v) is 3.92. The number of benzene rings is 1. The van der Waals surface area contributed by atoms with E-state index in [0.717, 1.165) is 12.0 Å². The Kier molecular flexibility index (Phi) is 6.61. The van der Waals surface area contributed by atoms with Crippen LogP contribution in [-0.2, 0) is 17.9 Å². The highest BCUT2D eigenvalue weighted by molar-refractivity contribution is 6.01. The summed E-state index contributed by atoms with van der Waals surface area (Å²) in [4.78, 5) is 34.7. The van der Waals surface area contributed by atoms with E-state index in [-0.39, 0.29) is 30.5 Å². The predicted molar refractivity (Wildman–Crippen MR) is 119 cm³/mol. The molecule has 2 N–H and O–H groups in total. The number of ether oxygens (including phenoxy) is 1. The van der Waals surface area contributed by atoms with Crippen molar-refractivity contribution in [3.05, 3.63) is 83.2 Å². The summed E-state index contributed by atoms with van der Waals surface area (Å²) in [5.74, 6) is 0.0347. The van der Waals surface area contributed by atoms with Gasteiger partial charge < -0.3 is 19.9 Å². The van der Waals surface area contributed by atoms with Crippen molar-refractivity contribution in [2.45, 2.75) is 45.5 Å². The van der Waals surface area contributed by atoms with Gasteiger partial charge in [0, 0.05) is 18.9 Å². The summed E-state index contributed by atoms with van der Waals surface area (Å²) in [6.45, 7) is 5.15. The molecule has 0 radical (unpaired) electrons. The Morgan fingerprint density at radius 3 is 2.56 bits per heavy atom. The minimum atomic E-state index is -0.372. The summed E-state index contributed by atoms with van der Waals surface area (Å²) in [6, 6.07) is 12.8. The van der Waals surface area contributed by atoms with E-state index in [2.05, 4.69) is 20.6 Å². The molecule has 0 aliphatic carbocycles. The molecular weight excluding hydrogens is 406 g/mol. The van der Waals surface area contributed by atoms with E-state index in [1.54, 1.807) is 24.5 Å². The average molecular weight is 434 g/mol. The van der Waals surface area contributed by atoms with Crippen molar-refractivity contribution in [3.8, 4) is 0 Å². The zero-order valence-electron chi connectivity index (χ0n) is 18.2. The normalized spacial score (nSPS) is 14.8. The molecule has 166 valence electrons. The van der Waals surface area contributed by atoms with Gasteiger partial charge in [-0.1, -0.05) is 37.3 Å². The molecule has 1 unspecified atom stereocenters. The molecule has 0 spiro atoms. The number of carbonyl (C=O) groups is 2. The van der Waals surface area contributed by atoms with Gasteiger partial charge in [-0.15, -0.1) is 0 Å². The van der Waals surface area contributed by atoms with Crippen LogP contribution in [0.1, 0.15) is 70.3 Å². The van der Waals surface area contributed by atoms with Crippen LogP contribution in [0.4, 0.5) is 0 Å². The van der Waals surface area contributed by atoms with Gasteiger partial charge in [-0.05, 0) is 31.0 Å². The van der Waals surface area contributed by atoms with Crippen molar-refractivity contribution in [1.29, 1.82) is 0 Å². The Morgan fingerprint density at radius 1 is 1.09 bits per heavy atom. The van der Waals surface area contributed by atoms with Crippen LogP contribution in [0.3, 0.4) is 0 Å². The third kappa shape index (κ3) is 4.55. The fraction of sp³-hybridized carbons (Fsp3) is 0.333. The zero-order valence-corrected chi connectivity index (χ0v) is 18.2. The fourth-order valence-electron chi connectivity index (χ4n) is 3.92. The Hall–Kier alpha value is -3.52. The number of fused-ring (bicyclic) bond motifs is 1. The van der Waals surface area contributed by atoms with Crippen molar-refractivity contribution < 1.29 is 14.3 Å². The van der Waals surface area contributed by atoms with Crippen LogP contribution in [0.5, 0.6) is 0 Å². The lowest BCUT2D eigenvalue weighted by atomic mass is 10.0. The van der Waals surface area contributed by atoms with E-state index in [0.29, 0.717) is 35.9 Å².